The number of halogens is 5. The highest BCUT2D eigenvalue weighted by Crippen LogP contribution is 2.32. The largest absolute Gasteiger partial charge is 0.416 e. The molecule has 1 fully saturated rings. The van der Waals surface area contributed by atoms with E-state index in [0.717, 1.165) is 61.8 Å². The molecule has 2 aromatic heterocycles. The highest BCUT2D eigenvalue weighted by atomic mass is 32.2. The first kappa shape index (κ1) is 34.8. The number of likely N-dealkylation sites (tertiary alicyclic amines) is 1. The fourth-order valence-corrected chi connectivity index (χ4v) is 8.06. The van der Waals surface area contributed by atoms with Gasteiger partial charge in [-0.15, -0.1) is 23.1 Å². The molecule has 3 aromatic carbocycles. The van der Waals surface area contributed by atoms with Gasteiger partial charge in [0.1, 0.15) is 6.54 Å². The summed E-state index contributed by atoms with van der Waals surface area (Å²) in [5, 5.41) is 2.28. The number of amides is 1. The Morgan fingerprint density at radius 2 is 1.63 bits per heavy atom. The fraction of sp³-hybridized carbons (Fsp3) is 0.297. The third kappa shape index (κ3) is 7.92. The molecule has 49 heavy (non-hydrogen) atoms. The highest BCUT2D eigenvalue weighted by Gasteiger charge is 2.31. The second-order valence-corrected chi connectivity index (χ2v) is 13.9. The lowest BCUT2D eigenvalue weighted by molar-refractivity contribution is -0.137. The van der Waals surface area contributed by atoms with E-state index in [4.69, 9.17) is 0 Å². The SMILES string of the molecule is CCN1CCC(N(Cc2ccc(-c3ccc(C(F)(F)F)cc3)cc2)C(=O)Cn2c(SCc3cccc(F)c3F)cc(=O)c3sccc32)CC1. The summed E-state index contributed by atoms with van der Waals surface area (Å²) in [6.07, 6.45) is -2.82. The summed E-state index contributed by atoms with van der Waals surface area (Å²) in [6.45, 7) is 5.01. The van der Waals surface area contributed by atoms with Crippen molar-refractivity contribution in [1.29, 1.82) is 0 Å². The molecule has 0 aliphatic carbocycles. The minimum Gasteiger partial charge on any atom is -0.334 e. The number of carbonyl (C=O) groups is 1. The first-order valence-electron chi connectivity index (χ1n) is 16.0. The molecule has 0 saturated carbocycles. The Balaban J connectivity index is 1.27. The number of piperidine rings is 1. The van der Waals surface area contributed by atoms with Crippen molar-refractivity contribution in [3.8, 4) is 11.1 Å². The third-order valence-corrected chi connectivity index (χ3v) is 11.0. The lowest BCUT2D eigenvalue weighted by Crippen LogP contribution is -2.48. The van der Waals surface area contributed by atoms with Crippen molar-refractivity contribution in [3.05, 3.63) is 123 Å². The van der Waals surface area contributed by atoms with E-state index in [-0.39, 0.29) is 35.2 Å². The van der Waals surface area contributed by atoms with E-state index in [1.807, 2.05) is 29.2 Å². The molecule has 1 aliphatic rings. The summed E-state index contributed by atoms with van der Waals surface area (Å²) in [4.78, 5) is 31.6. The maximum Gasteiger partial charge on any atom is 0.416 e. The van der Waals surface area contributed by atoms with Gasteiger partial charge < -0.3 is 14.4 Å². The number of alkyl halides is 3. The number of thioether (sulfide) groups is 1. The van der Waals surface area contributed by atoms with Gasteiger partial charge in [-0.05, 0) is 65.7 Å². The summed E-state index contributed by atoms with van der Waals surface area (Å²) in [5.74, 6) is -1.96. The molecule has 0 N–H and O–H groups in total. The third-order valence-electron chi connectivity index (χ3n) is 9.00. The second-order valence-electron chi connectivity index (χ2n) is 12.0. The Hall–Kier alpha value is -4.00. The first-order valence-corrected chi connectivity index (χ1v) is 17.8. The van der Waals surface area contributed by atoms with Gasteiger partial charge in [-0.25, -0.2) is 8.78 Å². The summed E-state index contributed by atoms with van der Waals surface area (Å²) in [6, 6.07) is 19.7. The summed E-state index contributed by atoms with van der Waals surface area (Å²) >= 11 is 2.46. The van der Waals surface area contributed by atoms with Crippen LogP contribution in [0.4, 0.5) is 22.0 Å². The molecule has 0 atom stereocenters. The molecular formula is C37H34F5N3O2S2. The van der Waals surface area contributed by atoms with Crippen LogP contribution in [0, 0.1) is 11.6 Å². The minimum atomic E-state index is -4.41. The molecule has 0 radical (unpaired) electrons. The molecule has 1 aliphatic heterocycles. The summed E-state index contributed by atoms with van der Waals surface area (Å²) in [5.41, 5.74) is 2.14. The average Bonchev–Trinajstić information content (AvgIpc) is 3.60. The van der Waals surface area contributed by atoms with Crippen LogP contribution in [0.15, 0.2) is 94.1 Å². The molecule has 256 valence electrons. The number of nitrogens with zero attached hydrogens (tertiary/aromatic N) is 3. The molecule has 1 saturated heterocycles. The van der Waals surface area contributed by atoms with Gasteiger partial charge in [-0.1, -0.05) is 55.5 Å². The fourth-order valence-electron chi connectivity index (χ4n) is 6.21. The number of thiophene rings is 1. The Labute approximate surface area is 289 Å². The number of fused-ring (bicyclic) bond motifs is 1. The number of benzene rings is 3. The van der Waals surface area contributed by atoms with E-state index >= 15 is 0 Å². The Bertz CT molecular complexity index is 1980. The zero-order valence-corrected chi connectivity index (χ0v) is 28.3. The molecule has 5 nitrogen and oxygen atoms in total. The van der Waals surface area contributed by atoms with E-state index < -0.39 is 23.4 Å². The molecule has 0 bridgehead atoms. The van der Waals surface area contributed by atoms with Gasteiger partial charge in [-0.3, -0.25) is 9.59 Å². The maximum absolute atomic E-state index is 14.5. The van der Waals surface area contributed by atoms with Crippen molar-refractivity contribution in [1.82, 2.24) is 14.4 Å². The Morgan fingerprint density at radius 3 is 2.29 bits per heavy atom. The number of aromatic nitrogens is 1. The van der Waals surface area contributed by atoms with Crippen molar-refractivity contribution in [2.24, 2.45) is 0 Å². The number of hydrogen-bond donors (Lipinski definition) is 0. The number of pyridine rings is 1. The predicted octanol–water partition coefficient (Wildman–Crippen LogP) is 8.83. The first-order chi connectivity index (χ1) is 23.5. The predicted molar refractivity (Wildman–Crippen MR) is 185 cm³/mol. The van der Waals surface area contributed by atoms with Gasteiger partial charge in [0.05, 0.1) is 20.8 Å². The molecule has 3 heterocycles. The topological polar surface area (TPSA) is 45.5 Å². The van der Waals surface area contributed by atoms with Crippen molar-refractivity contribution >= 4 is 39.2 Å². The molecular weight excluding hydrogens is 678 g/mol. The quantitative estimate of drug-likeness (QED) is 0.107. The number of rotatable bonds is 10. The van der Waals surface area contributed by atoms with Gasteiger partial charge in [0, 0.05) is 43.1 Å². The van der Waals surface area contributed by atoms with Crippen LogP contribution in [0.5, 0.6) is 0 Å². The molecule has 12 heteroatoms. The van der Waals surface area contributed by atoms with Gasteiger partial charge in [-0.2, -0.15) is 13.2 Å². The lowest BCUT2D eigenvalue weighted by Gasteiger charge is -2.38. The van der Waals surface area contributed by atoms with E-state index in [1.165, 1.54) is 53.4 Å². The van der Waals surface area contributed by atoms with Crippen LogP contribution in [0.1, 0.15) is 36.5 Å². The van der Waals surface area contributed by atoms with Crippen LogP contribution in [-0.2, 0) is 29.8 Å². The zero-order chi connectivity index (χ0) is 34.7. The standard InChI is InChI=1S/C37H34F5N3O2S2/c1-2-43-17-14-29(15-18-43)44(21-24-6-8-25(9-7-24)26-10-12-28(13-11-26)37(40,41)42)33(47)22-45-31-16-19-48-36(31)32(46)20-34(45)49-23-27-4-3-5-30(38)35(27)39/h3-13,16,19-20,29H,2,14-15,17-18,21-23H2,1H3. The van der Waals surface area contributed by atoms with Gasteiger partial charge in [0.15, 0.2) is 17.1 Å². The van der Waals surface area contributed by atoms with Crippen molar-refractivity contribution in [3.63, 3.8) is 0 Å². The van der Waals surface area contributed by atoms with E-state index in [9.17, 15) is 31.5 Å². The highest BCUT2D eigenvalue weighted by molar-refractivity contribution is 7.98. The van der Waals surface area contributed by atoms with Crippen molar-refractivity contribution < 1.29 is 26.7 Å². The van der Waals surface area contributed by atoms with Gasteiger partial charge in [0.2, 0.25) is 5.91 Å². The van der Waals surface area contributed by atoms with Gasteiger partial charge in [0.25, 0.3) is 0 Å². The Kier molecular flexibility index (Phi) is 10.6. The van der Waals surface area contributed by atoms with Crippen LogP contribution < -0.4 is 5.43 Å². The lowest BCUT2D eigenvalue weighted by atomic mass is 10.00. The zero-order valence-electron chi connectivity index (χ0n) is 26.7. The van der Waals surface area contributed by atoms with E-state index in [1.54, 1.807) is 16.0 Å². The summed E-state index contributed by atoms with van der Waals surface area (Å²) in [7, 11) is 0. The number of carbonyl (C=O) groups excluding carboxylic acids is 1. The van der Waals surface area contributed by atoms with E-state index in [0.29, 0.717) is 27.4 Å². The number of hydrogen-bond acceptors (Lipinski definition) is 5. The van der Waals surface area contributed by atoms with E-state index in [2.05, 4.69) is 11.8 Å². The molecule has 0 spiro atoms. The molecule has 6 rings (SSSR count). The summed E-state index contributed by atoms with van der Waals surface area (Å²) < 4.78 is 69.9. The molecule has 1 amide bonds. The smallest absolute Gasteiger partial charge is 0.334 e. The Morgan fingerprint density at radius 1 is 0.959 bits per heavy atom. The van der Waals surface area contributed by atoms with Crippen molar-refractivity contribution in [2.75, 3.05) is 19.6 Å². The van der Waals surface area contributed by atoms with Crippen molar-refractivity contribution in [2.45, 2.75) is 55.9 Å². The minimum absolute atomic E-state index is 0.0280. The average molecular weight is 712 g/mol. The monoisotopic (exact) mass is 711 g/mol. The second kappa shape index (κ2) is 14.9. The normalized spacial score (nSPS) is 14.4. The molecule has 5 aromatic rings. The van der Waals surface area contributed by atoms with Crippen LogP contribution in [0.25, 0.3) is 21.3 Å². The molecule has 0 unspecified atom stereocenters. The van der Waals surface area contributed by atoms with Crippen LogP contribution >= 0.6 is 23.1 Å². The van der Waals surface area contributed by atoms with Crippen LogP contribution in [-0.4, -0.2) is 46.0 Å². The maximum atomic E-state index is 14.5. The van der Waals surface area contributed by atoms with Crippen LogP contribution in [0.2, 0.25) is 0 Å². The van der Waals surface area contributed by atoms with Gasteiger partial charge >= 0.3 is 6.18 Å². The van der Waals surface area contributed by atoms with Crippen LogP contribution in [0.3, 0.4) is 0 Å².